The number of rotatable bonds is 4. The van der Waals surface area contributed by atoms with E-state index in [1.807, 2.05) is 42.5 Å². The van der Waals surface area contributed by atoms with Gasteiger partial charge in [0.2, 0.25) is 0 Å². The maximum absolute atomic E-state index is 10.3. The second-order valence-corrected chi connectivity index (χ2v) is 8.34. The van der Waals surface area contributed by atoms with Gasteiger partial charge in [-0.25, -0.2) is 0 Å². The lowest BCUT2D eigenvalue weighted by Gasteiger charge is -2.46. The minimum absolute atomic E-state index is 0.0568. The van der Waals surface area contributed by atoms with Crippen LogP contribution in [0, 0.1) is 45.3 Å². The van der Waals surface area contributed by atoms with Crippen molar-refractivity contribution >= 4 is 10.8 Å². The van der Waals surface area contributed by atoms with Gasteiger partial charge in [-0.15, -0.1) is 0 Å². The molecular formula is C26H25N5O. The Kier molecular flexibility index (Phi) is 5.62. The largest absolute Gasteiger partial charge is 0.496 e. The molecule has 0 amide bonds. The maximum Gasteiger partial charge on any atom is 0.191 e. The highest BCUT2D eigenvalue weighted by atomic mass is 16.5. The van der Waals surface area contributed by atoms with E-state index in [0.29, 0.717) is 6.54 Å². The second-order valence-electron chi connectivity index (χ2n) is 8.34. The monoisotopic (exact) mass is 423 g/mol. The summed E-state index contributed by atoms with van der Waals surface area (Å²) in [6.07, 6.45) is 3.05. The molecule has 160 valence electrons. The highest BCUT2D eigenvalue weighted by Crippen LogP contribution is 2.55. The van der Waals surface area contributed by atoms with Crippen LogP contribution in [-0.2, 0) is 0 Å². The minimum atomic E-state index is -1.64. The van der Waals surface area contributed by atoms with Crippen molar-refractivity contribution in [1.29, 1.82) is 15.8 Å². The van der Waals surface area contributed by atoms with Gasteiger partial charge in [0, 0.05) is 30.3 Å². The highest BCUT2D eigenvalue weighted by molar-refractivity contribution is 5.92. The van der Waals surface area contributed by atoms with E-state index < -0.39 is 11.3 Å². The number of nitriles is 3. The molecule has 0 spiro atoms. The summed E-state index contributed by atoms with van der Waals surface area (Å²) in [5.41, 5.74) is 6.87. The number of methoxy groups -OCH3 is 1. The SMILES string of the molecule is CCCN1CC=C2C(C#N)=C(N)C(C#N)(C#N)[C@@H](c3ccc(OC)c4ccccc34)[C@@H]2C1. The predicted molar refractivity (Wildman–Crippen MR) is 122 cm³/mol. The zero-order valence-corrected chi connectivity index (χ0v) is 18.3. The van der Waals surface area contributed by atoms with Gasteiger partial charge in [0.25, 0.3) is 0 Å². The predicted octanol–water partition coefficient (Wildman–Crippen LogP) is 3.98. The van der Waals surface area contributed by atoms with E-state index in [9.17, 15) is 15.8 Å². The van der Waals surface area contributed by atoms with Gasteiger partial charge < -0.3 is 10.5 Å². The molecule has 1 aliphatic carbocycles. The first-order valence-electron chi connectivity index (χ1n) is 10.8. The van der Waals surface area contributed by atoms with E-state index in [-0.39, 0.29) is 17.2 Å². The fraction of sp³-hybridized carbons (Fsp3) is 0.346. The first-order valence-corrected chi connectivity index (χ1v) is 10.8. The Morgan fingerprint density at radius 2 is 1.84 bits per heavy atom. The second kappa shape index (κ2) is 8.39. The average Bonchev–Trinajstić information content (AvgIpc) is 2.83. The lowest BCUT2D eigenvalue weighted by molar-refractivity contribution is 0.208. The van der Waals surface area contributed by atoms with E-state index in [4.69, 9.17) is 10.5 Å². The number of nitrogens with two attached hydrogens (primary N) is 1. The summed E-state index contributed by atoms with van der Waals surface area (Å²) < 4.78 is 5.56. The molecule has 0 saturated heterocycles. The molecule has 0 fully saturated rings. The van der Waals surface area contributed by atoms with Crippen LogP contribution in [-0.4, -0.2) is 31.6 Å². The van der Waals surface area contributed by atoms with Crippen LogP contribution in [0.5, 0.6) is 5.75 Å². The summed E-state index contributed by atoms with van der Waals surface area (Å²) in [7, 11) is 1.63. The smallest absolute Gasteiger partial charge is 0.191 e. The van der Waals surface area contributed by atoms with Gasteiger partial charge in [0.1, 0.15) is 11.8 Å². The minimum Gasteiger partial charge on any atom is -0.496 e. The highest BCUT2D eigenvalue weighted by Gasteiger charge is 2.54. The van der Waals surface area contributed by atoms with Crippen LogP contribution < -0.4 is 10.5 Å². The van der Waals surface area contributed by atoms with Gasteiger partial charge in [-0.05, 0) is 35.6 Å². The number of fused-ring (bicyclic) bond motifs is 2. The molecule has 0 saturated carbocycles. The number of ether oxygens (including phenoxy) is 1. The zero-order chi connectivity index (χ0) is 22.9. The molecule has 0 aromatic heterocycles. The Balaban J connectivity index is 2.05. The van der Waals surface area contributed by atoms with Gasteiger partial charge in [0.05, 0.1) is 30.5 Å². The van der Waals surface area contributed by atoms with E-state index in [1.54, 1.807) is 7.11 Å². The molecule has 32 heavy (non-hydrogen) atoms. The van der Waals surface area contributed by atoms with E-state index in [1.165, 1.54) is 0 Å². The van der Waals surface area contributed by atoms with Crippen molar-refractivity contribution < 1.29 is 4.74 Å². The molecule has 6 nitrogen and oxygen atoms in total. The number of allylic oxidation sites excluding steroid dienone is 2. The molecule has 2 aliphatic rings. The molecule has 2 atom stereocenters. The third-order valence-electron chi connectivity index (χ3n) is 6.75. The van der Waals surface area contributed by atoms with Crippen LogP contribution in [0.25, 0.3) is 10.8 Å². The lowest BCUT2D eigenvalue weighted by Crippen LogP contribution is -2.48. The molecule has 1 aliphatic heterocycles. The van der Waals surface area contributed by atoms with Crippen molar-refractivity contribution in [3.63, 3.8) is 0 Å². The molecule has 6 heteroatoms. The Morgan fingerprint density at radius 1 is 1.12 bits per heavy atom. The number of hydrogen-bond acceptors (Lipinski definition) is 6. The van der Waals surface area contributed by atoms with Crippen LogP contribution in [0.2, 0.25) is 0 Å². The average molecular weight is 424 g/mol. The normalized spacial score (nSPS) is 22.3. The van der Waals surface area contributed by atoms with Gasteiger partial charge >= 0.3 is 0 Å². The summed E-state index contributed by atoms with van der Waals surface area (Å²) in [6, 6.07) is 18.3. The summed E-state index contributed by atoms with van der Waals surface area (Å²) in [5, 5.41) is 32.4. The molecule has 4 rings (SSSR count). The number of benzene rings is 2. The quantitative estimate of drug-likeness (QED) is 0.796. The number of nitrogens with zero attached hydrogens (tertiary/aromatic N) is 4. The Bertz CT molecular complexity index is 1240. The molecule has 0 unspecified atom stereocenters. The van der Waals surface area contributed by atoms with E-state index >= 15 is 0 Å². The molecule has 2 aromatic carbocycles. The Morgan fingerprint density at radius 3 is 2.47 bits per heavy atom. The molecule has 2 aromatic rings. The van der Waals surface area contributed by atoms with Gasteiger partial charge in [-0.3, -0.25) is 4.90 Å². The van der Waals surface area contributed by atoms with E-state index in [2.05, 4.69) is 30.0 Å². The third-order valence-corrected chi connectivity index (χ3v) is 6.75. The summed E-state index contributed by atoms with van der Waals surface area (Å²) in [4.78, 5) is 2.31. The molecular weight excluding hydrogens is 398 g/mol. The fourth-order valence-corrected chi connectivity index (χ4v) is 5.33. The van der Waals surface area contributed by atoms with Crippen molar-refractivity contribution in [2.45, 2.75) is 19.3 Å². The summed E-state index contributed by atoms with van der Waals surface area (Å²) >= 11 is 0. The summed E-state index contributed by atoms with van der Waals surface area (Å²) in [5.74, 6) is 0.0117. The maximum atomic E-state index is 10.3. The first kappa shape index (κ1) is 21.4. The zero-order valence-electron chi connectivity index (χ0n) is 18.3. The topological polar surface area (TPSA) is 110 Å². The van der Waals surface area contributed by atoms with Crippen molar-refractivity contribution in [2.24, 2.45) is 17.1 Å². The van der Waals surface area contributed by atoms with Crippen molar-refractivity contribution in [2.75, 3.05) is 26.7 Å². The van der Waals surface area contributed by atoms with Gasteiger partial charge in [0.15, 0.2) is 5.41 Å². The Labute approximate surface area is 188 Å². The van der Waals surface area contributed by atoms with E-state index in [0.717, 1.165) is 47.2 Å². The van der Waals surface area contributed by atoms with Crippen LogP contribution in [0.3, 0.4) is 0 Å². The third kappa shape index (κ3) is 3.02. The van der Waals surface area contributed by atoms with Gasteiger partial charge in [-0.2, -0.15) is 15.8 Å². The number of hydrogen-bond donors (Lipinski definition) is 1. The standard InChI is InChI=1S/C26H25N5O/c1-3-11-31-12-10-18-21(13-27)25(30)26(15-28,16-29)24(22(18)14-31)20-8-9-23(32-2)19-7-5-4-6-17(19)20/h4-10,22,24H,3,11-12,14,30H2,1-2H3/t22-,24+/m1/s1. The van der Waals surface area contributed by atoms with Crippen LogP contribution >= 0.6 is 0 Å². The Hall–Kier alpha value is -3.79. The molecule has 0 radical (unpaired) electrons. The van der Waals surface area contributed by atoms with Crippen molar-refractivity contribution in [1.82, 2.24) is 4.90 Å². The van der Waals surface area contributed by atoms with Crippen molar-refractivity contribution in [3.8, 4) is 24.0 Å². The molecule has 0 bridgehead atoms. The molecule has 1 heterocycles. The lowest BCUT2D eigenvalue weighted by atomic mass is 9.57. The summed E-state index contributed by atoms with van der Waals surface area (Å²) in [6.45, 7) is 4.42. The van der Waals surface area contributed by atoms with Gasteiger partial charge in [-0.1, -0.05) is 43.3 Å². The van der Waals surface area contributed by atoms with Crippen molar-refractivity contribution in [3.05, 3.63) is 64.9 Å². The van der Waals surface area contributed by atoms with Crippen LogP contribution in [0.4, 0.5) is 0 Å². The fourth-order valence-electron chi connectivity index (χ4n) is 5.33. The van der Waals surface area contributed by atoms with Crippen LogP contribution in [0.15, 0.2) is 59.3 Å². The first-order chi connectivity index (χ1) is 15.6. The molecule has 2 N–H and O–H groups in total. The van der Waals surface area contributed by atoms with Crippen LogP contribution in [0.1, 0.15) is 24.8 Å².